The summed E-state index contributed by atoms with van der Waals surface area (Å²) in [4.78, 5) is 18.3. The van der Waals surface area contributed by atoms with E-state index in [1.807, 2.05) is 4.90 Å². The highest BCUT2D eigenvalue weighted by molar-refractivity contribution is 7.98. The van der Waals surface area contributed by atoms with Crippen LogP contribution in [0.25, 0.3) is 10.9 Å². The van der Waals surface area contributed by atoms with Crippen LogP contribution in [-0.2, 0) is 11.2 Å². The summed E-state index contributed by atoms with van der Waals surface area (Å²) < 4.78 is -1.57. The number of thioether (sulfide) groups is 1. The second kappa shape index (κ2) is 6.66. The number of carbonyl (C=O) groups excluding carboxylic acids is 1. The van der Waals surface area contributed by atoms with Crippen LogP contribution in [0.1, 0.15) is 30.4 Å². The third-order valence-electron chi connectivity index (χ3n) is 5.27. The summed E-state index contributed by atoms with van der Waals surface area (Å²) in [6.45, 7) is 2.65. The quantitative estimate of drug-likeness (QED) is 0.391. The molecule has 2 atom stereocenters. The van der Waals surface area contributed by atoms with Gasteiger partial charge in [0.25, 0.3) is 0 Å². The van der Waals surface area contributed by atoms with Crippen LogP contribution >= 0.6 is 46.6 Å². The molecule has 1 N–H and O–H groups in total. The number of nitrogens with zero attached hydrogens (tertiary/aromatic N) is 1. The predicted molar refractivity (Wildman–Crippen MR) is 111 cm³/mol. The smallest absolute Gasteiger partial charge is 0.227 e. The summed E-state index contributed by atoms with van der Waals surface area (Å²) in [6, 6.07) is 6.43. The number of benzene rings is 1. The zero-order valence-corrected chi connectivity index (χ0v) is 17.6. The molecule has 2 heterocycles. The van der Waals surface area contributed by atoms with Crippen molar-refractivity contribution < 1.29 is 4.79 Å². The lowest BCUT2D eigenvalue weighted by Gasteiger charge is -2.43. The van der Waals surface area contributed by atoms with Gasteiger partial charge in [0.05, 0.1) is 11.4 Å². The average Bonchev–Trinajstić information content (AvgIpc) is 2.92. The first kappa shape index (κ1) is 18.5. The molecule has 0 fully saturated rings. The molecule has 2 aliphatic rings. The van der Waals surface area contributed by atoms with Crippen molar-refractivity contribution in [3.63, 3.8) is 0 Å². The Balaban J connectivity index is 1.81. The number of rotatable bonds is 2. The maximum absolute atomic E-state index is 12.9. The van der Waals surface area contributed by atoms with Crippen LogP contribution in [-0.4, -0.2) is 38.4 Å². The number of nitrogens with one attached hydrogen (secondary N) is 1. The Bertz CT molecular complexity index is 915. The lowest BCUT2D eigenvalue weighted by Crippen LogP contribution is -2.49. The van der Waals surface area contributed by atoms with Crippen molar-refractivity contribution >= 4 is 63.4 Å². The van der Waals surface area contributed by atoms with Crippen LogP contribution < -0.4 is 0 Å². The number of amides is 1. The Hall–Kier alpha value is -0.810. The molecule has 0 saturated carbocycles. The Kier molecular flexibility index (Phi) is 4.75. The van der Waals surface area contributed by atoms with Crippen LogP contribution in [0.2, 0.25) is 0 Å². The molecule has 26 heavy (non-hydrogen) atoms. The van der Waals surface area contributed by atoms with Crippen molar-refractivity contribution in [2.45, 2.75) is 40.5 Å². The van der Waals surface area contributed by atoms with Gasteiger partial charge in [-0.2, -0.15) is 0 Å². The van der Waals surface area contributed by atoms with Gasteiger partial charge >= 0.3 is 0 Å². The van der Waals surface area contributed by atoms with Crippen LogP contribution in [0.4, 0.5) is 0 Å². The minimum absolute atomic E-state index is 0.0540. The Morgan fingerprint density at radius 3 is 2.85 bits per heavy atom. The zero-order valence-electron chi connectivity index (χ0n) is 14.5. The molecule has 0 spiro atoms. The molecular formula is C19H19Cl3N2OS. The van der Waals surface area contributed by atoms with Gasteiger partial charge in [-0.25, -0.2) is 0 Å². The molecule has 1 aromatic carbocycles. The standard InChI is InChI=1S/C19H19Cl3N2OS/c1-10-6-12-11-4-3-5-14-17(11)13(18(23-14)26-2)7-15(12)24(9-10)16(25)8-19(20,21)22/h3-6,12,15,23H,7-9H2,1-2H3/t12-,15-/m1/s1. The second-order valence-corrected chi connectivity index (χ2v) is 10.4. The number of carbonyl (C=O) groups is 1. The van der Waals surface area contributed by atoms with Crippen molar-refractivity contribution in [2.24, 2.45) is 0 Å². The average molecular weight is 430 g/mol. The molecule has 1 aliphatic carbocycles. The highest BCUT2D eigenvalue weighted by Gasteiger charge is 2.41. The summed E-state index contributed by atoms with van der Waals surface area (Å²) in [5.41, 5.74) is 4.90. The molecule has 138 valence electrons. The van der Waals surface area contributed by atoms with E-state index in [1.165, 1.54) is 27.1 Å². The van der Waals surface area contributed by atoms with Gasteiger partial charge in [0.1, 0.15) is 0 Å². The molecule has 0 radical (unpaired) electrons. The Labute approximate surface area is 172 Å². The number of H-pyrrole nitrogens is 1. The first-order valence-corrected chi connectivity index (χ1v) is 10.9. The number of aromatic amines is 1. The van der Waals surface area contributed by atoms with Gasteiger partial charge in [-0.15, -0.1) is 11.8 Å². The maximum Gasteiger partial charge on any atom is 0.227 e. The largest absolute Gasteiger partial charge is 0.349 e. The maximum atomic E-state index is 12.9. The molecule has 2 aromatic rings. The van der Waals surface area contributed by atoms with E-state index in [9.17, 15) is 4.79 Å². The van der Waals surface area contributed by atoms with Gasteiger partial charge in [0.15, 0.2) is 3.79 Å². The lowest BCUT2D eigenvalue weighted by atomic mass is 9.76. The second-order valence-electron chi connectivity index (χ2n) is 7.03. The van der Waals surface area contributed by atoms with Crippen LogP contribution in [0.3, 0.4) is 0 Å². The number of halogens is 3. The molecule has 7 heteroatoms. The minimum Gasteiger partial charge on any atom is -0.349 e. The van der Waals surface area contributed by atoms with E-state index in [0.29, 0.717) is 6.54 Å². The van der Waals surface area contributed by atoms with Gasteiger partial charge in [0.2, 0.25) is 5.91 Å². The van der Waals surface area contributed by atoms with Crippen molar-refractivity contribution in [1.82, 2.24) is 9.88 Å². The zero-order chi connectivity index (χ0) is 18.6. The lowest BCUT2D eigenvalue weighted by molar-refractivity contribution is -0.133. The number of hydrogen-bond donors (Lipinski definition) is 1. The predicted octanol–water partition coefficient (Wildman–Crippen LogP) is 5.45. The van der Waals surface area contributed by atoms with Crippen LogP contribution in [0, 0.1) is 0 Å². The SMILES string of the molecule is CSc1[nH]c2cccc3c2c1C[C@@H]1[C@@H]3C=C(C)CN1C(=O)CC(Cl)(Cl)Cl. The molecule has 1 aliphatic heterocycles. The molecule has 1 amide bonds. The molecule has 0 unspecified atom stereocenters. The Morgan fingerprint density at radius 1 is 1.38 bits per heavy atom. The van der Waals surface area contributed by atoms with Gasteiger partial charge in [-0.1, -0.05) is 58.6 Å². The highest BCUT2D eigenvalue weighted by Crippen LogP contribution is 2.45. The summed E-state index contributed by atoms with van der Waals surface area (Å²) in [5, 5.41) is 2.48. The van der Waals surface area contributed by atoms with Crippen molar-refractivity contribution in [2.75, 3.05) is 12.8 Å². The van der Waals surface area contributed by atoms with E-state index in [0.717, 1.165) is 11.9 Å². The number of fused-ring (bicyclic) bond motifs is 2. The minimum atomic E-state index is -1.57. The normalized spacial score (nSPS) is 22.3. The van der Waals surface area contributed by atoms with Gasteiger partial charge in [-0.05, 0) is 36.8 Å². The van der Waals surface area contributed by atoms with E-state index >= 15 is 0 Å². The van der Waals surface area contributed by atoms with Crippen molar-refractivity contribution in [1.29, 1.82) is 0 Å². The molecule has 3 nitrogen and oxygen atoms in total. The summed E-state index contributed by atoms with van der Waals surface area (Å²) in [7, 11) is 0. The number of alkyl halides is 3. The van der Waals surface area contributed by atoms with Crippen molar-refractivity contribution in [3.05, 3.63) is 41.0 Å². The van der Waals surface area contributed by atoms with E-state index in [4.69, 9.17) is 34.8 Å². The molecule has 1 aromatic heterocycles. The van der Waals surface area contributed by atoms with Gasteiger partial charge < -0.3 is 9.88 Å². The van der Waals surface area contributed by atoms with Crippen molar-refractivity contribution in [3.8, 4) is 0 Å². The molecule has 0 saturated heterocycles. The van der Waals surface area contributed by atoms with E-state index in [1.54, 1.807) is 11.8 Å². The third kappa shape index (κ3) is 3.15. The van der Waals surface area contributed by atoms with E-state index in [-0.39, 0.29) is 24.3 Å². The first-order valence-electron chi connectivity index (χ1n) is 8.49. The fourth-order valence-corrected chi connectivity index (χ4v) is 5.30. The first-order chi connectivity index (χ1) is 12.3. The molecule has 0 bridgehead atoms. The van der Waals surface area contributed by atoms with E-state index < -0.39 is 3.79 Å². The fourth-order valence-electron chi connectivity index (χ4n) is 4.31. The van der Waals surface area contributed by atoms with Crippen LogP contribution in [0.5, 0.6) is 0 Å². The highest BCUT2D eigenvalue weighted by atomic mass is 35.6. The summed E-state index contributed by atoms with van der Waals surface area (Å²) >= 11 is 19.4. The summed E-state index contributed by atoms with van der Waals surface area (Å²) in [6.07, 6.45) is 5.08. The molecular weight excluding hydrogens is 411 g/mol. The Morgan fingerprint density at radius 2 is 2.15 bits per heavy atom. The summed E-state index contributed by atoms with van der Waals surface area (Å²) in [5.74, 6) is 0.0640. The number of hydrogen-bond acceptors (Lipinski definition) is 2. The monoisotopic (exact) mass is 428 g/mol. The topological polar surface area (TPSA) is 36.1 Å². The number of aromatic nitrogens is 1. The van der Waals surface area contributed by atoms with E-state index in [2.05, 4.69) is 42.4 Å². The van der Waals surface area contributed by atoms with Gasteiger partial charge in [0, 0.05) is 29.4 Å². The molecule has 4 rings (SSSR count). The van der Waals surface area contributed by atoms with Crippen LogP contribution in [0.15, 0.2) is 34.9 Å². The van der Waals surface area contributed by atoms with Gasteiger partial charge in [-0.3, -0.25) is 4.79 Å². The fraction of sp³-hybridized carbons (Fsp3) is 0.421. The third-order valence-corrected chi connectivity index (χ3v) is 6.43.